The van der Waals surface area contributed by atoms with E-state index < -0.39 is 33.5 Å². The SMILES string of the molecule is O=C(Nc1c(F)cc(F)cc1-c1ccccc1)c1ccc2c(c1)S(=O)(=O)N(C1CC1)C2=O. The lowest BCUT2D eigenvalue weighted by Crippen LogP contribution is -2.31. The molecule has 162 valence electrons. The third-order valence-corrected chi connectivity index (χ3v) is 7.34. The van der Waals surface area contributed by atoms with Crippen LogP contribution in [0.25, 0.3) is 11.1 Å². The van der Waals surface area contributed by atoms with Gasteiger partial charge in [-0.25, -0.2) is 21.5 Å². The van der Waals surface area contributed by atoms with Crippen molar-refractivity contribution in [3.63, 3.8) is 0 Å². The highest BCUT2D eigenvalue weighted by Crippen LogP contribution is 2.40. The molecule has 2 amide bonds. The van der Waals surface area contributed by atoms with E-state index >= 15 is 0 Å². The molecule has 0 aromatic heterocycles. The van der Waals surface area contributed by atoms with Gasteiger partial charge in [0.2, 0.25) is 0 Å². The van der Waals surface area contributed by atoms with Crippen LogP contribution in [0.15, 0.2) is 65.6 Å². The van der Waals surface area contributed by atoms with Gasteiger partial charge in [0.15, 0.2) is 0 Å². The van der Waals surface area contributed by atoms with Gasteiger partial charge < -0.3 is 5.32 Å². The highest BCUT2D eigenvalue weighted by atomic mass is 32.2. The van der Waals surface area contributed by atoms with E-state index in [1.54, 1.807) is 30.3 Å². The maximum Gasteiger partial charge on any atom is 0.269 e. The molecule has 1 aliphatic heterocycles. The van der Waals surface area contributed by atoms with Gasteiger partial charge in [-0.05, 0) is 42.7 Å². The van der Waals surface area contributed by atoms with Crippen molar-refractivity contribution in [2.24, 2.45) is 0 Å². The predicted molar refractivity (Wildman–Crippen MR) is 113 cm³/mol. The summed E-state index contributed by atoms with van der Waals surface area (Å²) < 4.78 is 55.0. The fourth-order valence-electron chi connectivity index (χ4n) is 3.79. The standard InChI is InChI=1S/C23H16F2N2O4S/c24-15-11-18(13-4-2-1-3-5-13)21(19(25)12-15)26-22(28)14-6-9-17-20(10-14)32(30,31)27(23(17)29)16-7-8-16/h1-6,9-12,16H,7-8H2,(H,26,28). The lowest BCUT2D eigenvalue weighted by molar-refractivity contribution is 0.0864. The third-order valence-electron chi connectivity index (χ3n) is 5.47. The van der Waals surface area contributed by atoms with Crippen LogP contribution < -0.4 is 5.32 Å². The molecular weight excluding hydrogens is 438 g/mol. The average molecular weight is 454 g/mol. The summed E-state index contributed by atoms with van der Waals surface area (Å²) in [5.74, 6) is -3.17. The molecule has 5 rings (SSSR count). The van der Waals surface area contributed by atoms with E-state index in [-0.39, 0.29) is 33.3 Å². The largest absolute Gasteiger partial charge is 0.319 e. The molecule has 1 N–H and O–H groups in total. The minimum Gasteiger partial charge on any atom is -0.319 e. The molecule has 9 heteroatoms. The van der Waals surface area contributed by atoms with Gasteiger partial charge in [-0.1, -0.05) is 30.3 Å². The molecule has 32 heavy (non-hydrogen) atoms. The summed E-state index contributed by atoms with van der Waals surface area (Å²) in [6.45, 7) is 0. The van der Waals surface area contributed by atoms with Gasteiger partial charge in [0.1, 0.15) is 16.5 Å². The number of anilines is 1. The van der Waals surface area contributed by atoms with Crippen LogP contribution in [-0.2, 0) is 10.0 Å². The molecule has 1 aliphatic carbocycles. The molecule has 0 radical (unpaired) electrons. The first-order valence-corrected chi connectivity index (χ1v) is 11.3. The Morgan fingerprint density at radius 2 is 1.69 bits per heavy atom. The second kappa shape index (κ2) is 7.23. The Balaban J connectivity index is 1.52. The molecule has 1 fully saturated rings. The Labute approximate surface area is 182 Å². The zero-order valence-electron chi connectivity index (χ0n) is 16.5. The van der Waals surface area contributed by atoms with Crippen molar-refractivity contribution in [3.05, 3.63) is 83.4 Å². The number of benzene rings is 3. The van der Waals surface area contributed by atoms with Crippen LogP contribution in [-0.4, -0.2) is 30.6 Å². The maximum atomic E-state index is 14.6. The zero-order chi connectivity index (χ0) is 22.6. The van der Waals surface area contributed by atoms with Crippen LogP contribution in [0, 0.1) is 11.6 Å². The van der Waals surface area contributed by atoms with Crippen molar-refractivity contribution >= 4 is 27.5 Å². The normalized spacial score (nSPS) is 16.7. The predicted octanol–water partition coefficient (Wildman–Crippen LogP) is 4.19. The van der Waals surface area contributed by atoms with Crippen LogP contribution in [0.2, 0.25) is 0 Å². The molecule has 0 bridgehead atoms. The van der Waals surface area contributed by atoms with Gasteiger partial charge in [-0.2, -0.15) is 0 Å². The quantitative estimate of drug-likeness (QED) is 0.641. The van der Waals surface area contributed by atoms with E-state index in [9.17, 15) is 26.8 Å². The first kappa shape index (κ1) is 20.3. The summed E-state index contributed by atoms with van der Waals surface area (Å²) in [5.41, 5.74) is 0.331. The topological polar surface area (TPSA) is 83.6 Å². The zero-order valence-corrected chi connectivity index (χ0v) is 17.3. The average Bonchev–Trinajstić information content (AvgIpc) is 3.57. The Hall–Kier alpha value is -3.59. The number of fused-ring (bicyclic) bond motifs is 1. The Bertz CT molecular complexity index is 1390. The second-order valence-corrected chi connectivity index (χ2v) is 9.46. The monoisotopic (exact) mass is 454 g/mol. The molecule has 3 aromatic carbocycles. The van der Waals surface area contributed by atoms with E-state index in [0.717, 1.165) is 16.4 Å². The number of amides is 2. The number of nitrogens with one attached hydrogen (secondary N) is 1. The van der Waals surface area contributed by atoms with Crippen molar-refractivity contribution in [3.8, 4) is 11.1 Å². The molecule has 3 aromatic rings. The summed E-state index contributed by atoms with van der Waals surface area (Å²) in [5, 5.41) is 2.42. The summed E-state index contributed by atoms with van der Waals surface area (Å²) in [7, 11) is -4.05. The molecule has 1 heterocycles. The van der Waals surface area contributed by atoms with E-state index in [2.05, 4.69) is 5.32 Å². The molecular formula is C23H16F2N2O4S. The van der Waals surface area contributed by atoms with Crippen molar-refractivity contribution in [1.29, 1.82) is 0 Å². The number of carbonyl (C=O) groups is 2. The fourth-order valence-corrected chi connectivity index (χ4v) is 5.63. The molecule has 0 unspecified atom stereocenters. The molecule has 1 saturated carbocycles. The van der Waals surface area contributed by atoms with Gasteiger partial charge in [0.05, 0.1) is 11.3 Å². The smallest absolute Gasteiger partial charge is 0.269 e. The summed E-state index contributed by atoms with van der Waals surface area (Å²) in [4.78, 5) is 25.1. The van der Waals surface area contributed by atoms with Crippen molar-refractivity contribution in [1.82, 2.24) is 4.31 Å². The maximum absolute atomic E-state index is 14.6. The Morgan fingerprint density at radius 3 is 2.38 bits per heavy atom. The number of rotatable bonds is 4. The minimum absolute atomic E-state index is 0.00591. The first-order chi connectivity index (χ1) is 15.3. The van der Waals surface area contributed by atoms with Crippen LogP contribution in [0.5, 0.6) is 0 Å². The fraction of sp³-hybridized carbons (Fsp3) is 0.130. The van der Waals surface area contributed by atoms with Gasteiger partial charge in [0.25, 0.3) is 21.8 Å². The van der Waals surface area contributed by atoms with E-state index in [0.29, 0.717) is 24.5 Å². The number of halogens is 2. The molecule has 6 nitrogen and oxygen atoms in total. The lowest BCUT2D eigenvalue weighted by atomic mass is 10.0. The molecule has 0 atom stereocenters. The number of hydrogen-bond donors (Lipinski definition) is 1. The lowest BCUT2D eigenvalue weighted by Gasteiger charge is -2.14. The van der Waals surface area contributed by atoms with Crippen molar-refractivity contribution in [2.45, 2.75) is 23.8 Å². The highest BCUT2D eigenvalue weighted by Gasteiger charge is 2.48. The van der Waals surface area contributed by atoms with E-state index in [1.807, 2.05) is 0 Å². The minimum atomic E-state index is -4.05. The van der Waals surface area contributed by atoms with Gasteiger partial charge in [0, 0.05) is 23.2 Å². The van der Waals surface area contributed by atoms with E-state index in [4.69, 9.17) is 0 Å². The van der Waals surface area contributed by atoms with Gasteiger partial charge in [-0.15, -0.1) is 0 Å². The first-order valence-electron chi connectivity index (χ1n) is 9.86. The van der Waals surface area contributed by atoms with Gasteiger partial charge >= 0.3 is 0 Å². The van der Waals surface area contributed by atoms with Crippen molar-refractivity contribution < 1.29 is 26.8 Å². The van der Waals surface area contributed by atoms with Crippen LogP contribution in [0.3, 0.4) is 0 Å². The summed E-state index contributed by atoms with van der Waals surface area (Å²) in [6.07, 6.45) is 1.22. The summed E-state index contributed by atoms with van der Waals surface area (Å²) in [6, 6.07) is 13.5. The molecule has 0 spiro atoms. The number of carbonyl (C=O) groups excluding carboxylic acids is 2. The Kier molecular flexibility index (Phi) is 4.59. The second-order valence-electron chi connectivity index (χ2n) is 7.68. The Morgan fingerprint density at radius 1 is 0.969 bits per heavy atom. The molecule has 0 saturated heterocycles. The van der Waals surface area contributed by atoms with Crippen LogP contribution >= 0.6 is 0 Å². The molecule has 2 aliphatic rings. The van der Waals surface area contributed by atoms with Gasteiger partial charge in [-0.3, -0.25) is 9.59 Å². The van der Waals surface area contributed by atoms with Crippen LogP contribution in [0.1, 0.15) is 33.6 Å². The van der Waals surface area contributed by atoms with Crippen molar-refractivity contribution in [2.75, 3.05) is 5.32 Å². The third kappa shape index (κ3) is 3.25. The summed E-state index contributed by atoms with van der Waals surface area (Å²) >= 11 is 0. The number of hydrogen-bond acceptors (Lipinski definition) is 4. The van der Waals surface area contributed by atoms with Crippen LogP contribution in [0.4, 0.5) is 14.5 Å². The number of nitrogens with zero attached hydrogens (tertiary/aromatic N) is 1. The number of sulfonamides is 1. The highest BCUT2D eigenvalue weighted by molar-refractivity contribution is 7.90. The van der Waals surface area contributed by atoms with E-state index in [1.165, 1.54) is 12.1 Å².